The average molecular weight is 426 g/mol. The summed E-state index contributed by atoms with van der Waals surface area (Å²) in [5.74, 6) is -0.681. The van der Waals surface area contributed by atoms with Gasteiger partial charge in [-0.3, -0.25) is 14.2 Å². The molecule has 0 atom stereocenters. The molecule has 4 rings (SSSR count). The van der Waals surface area contributed by atoms with Crippen LogP contribution in [0.5, 0.6) is 0 Å². The van der Waals surface area contributed by atoms with E-state index >= 15 is 0 Å². The Morgan fingerprint density at radius 3 is 2.28 bits per heavy atom. The van der Waals surface area contributed by atoms with Gasteiger partial charge in [-0.25, -0.2) is 4.79 Å². The average Bonchev–Trinajstić information content (AvgIpc) is 2.78. The fourth-order valence-corrected chi connectivity index (χ4v) is 3.36. The summed E-state index contributed by atoms with van der Waals surface area (Å²) >= 11 is 0. The van der Waals surface area contributed by atoms with Crippen molar-refractivity contribution >= 4 is 11.6 Å². The number of nitrogens with zero attached hydrogens (tertiary/aromatic N) is 3. The van der Waals surface area contributed by atoms with E-state index in [1.807, 2.05) is 56.3 Å². The lowest BCUT2D eigenvalue weighted by Crippen LogP contribution is -2.45. The maximum Gasteiger partial charge on any atom is 0.352 e. The summed E-state index contributed by atoms with van der Waals surface area (Å²) in [4.78, 5) is 39.3. The lowest BCUT2D eigenvalue weighted by molar-refractivity contribution is 0.101. The Hall–Kier alpha value is -4.26. The van der Waals surface area contributed by atoms with Crippen LogP contribution in [0.15, 0.2) is 88.5 Å². The molecule has 32 heavy (non-hydrogen) atoms. The Morgan fingerprint density at radius 2 is 1.59 bits per heavy atom. The van der Waals surface area contributed by atoms with Crippen LogP contribution in [0.3, 0.4) is 0 Å². The van der Waals surface area contributed by atoms with E-state index in [0.29, 0.717) is 11.4 Å². The highest BCUT2D eigenvalue weighted by Crippen LogP contribution is 2.09. The van der Waals surface area contributed by atoms with Crippen molar-refractivity contribution in [2.24, 2.45) is 0 Å². The molecule has 1 aromatic heterocycles. The number of hydrogen-bond acceptors (Lipinski definition) is 4. The van der Waals surface area contributed by atoms with Gasteiger partial charge in [-0.05, 0) is 43.7 Å². The van der Waals surface area contributed by atoms with E-state index in [2.05, 4.69) is 10.4 Å². The maximum atomic E-state index is 13.2. The number of carbonyl (C=O) groups is 1. The van der Waals surface area contributed by atoms with Crippen LogP contribution in [-0.4, -0.2) is 20.3 Å². The van der Waals surface area contributed by atoms with E-state index in [4.69, 9.17) is 0 Å². The number of para-hydroxylation sites is 1. The number of carbonyl (C=O) groups excluding carboxylic acids is 1. The molecule has 0 radical (unpaired) electrons. The fraction of sp³-hybridized carbons (Fsp3) is 0.120. The SMILES string of the molecule is Cc1ccc(-n2nc(C(=O)Nc3ccccc3)c(=O)n(Cc3cccc(C)c3)c2=O)cc1. The molecule has 160 valence electrons. The van der Waals surface area contributed by atoms with Crippen molar-refractivity contribution in [3.8, 4) is 5.69 Å². The molecule has 0 bridgehead atoms. The lowest BCUT2D eigenvalue weighted by atomic mass is 10.1. The highest BCUT2D eigenvalue weighted by molar-refractivity contribution is 6.02. The molecule has 1 heterocycles. The quantitative estimate of drug-likeness (QED) is 0.531. The lowest BCUT2D eigenvalue weighted by Gasteiger charge is -2.13. The zero-order valence-electron chi connectivity index (χ0n) is 17.8. The maximum absolute atomic E-state index is 13.2. The number of rotatable bonds is 5. The van der Waals surface area contributed by atoms with Crippen molar-refractivity contribution in [2.45, 2.75) is 20.4 Å². The van der Waals surface area contributed by atoms with Gasteiger partial charge in [0.25, 0.3) is 11.5 Å². The smallest absolute Gasteiger partial charge is 0.320 e. The number of benzene rings is 3. The van der Waals surface area contributed by atoms with Crippen LogP contribution >= 0.6 is 0 Å². The molecule has 0 fully saturated rings. The number of hydrogen-bond donors (Lipinski definition) is 1. The summed E-state index contributed by atoms with van der Waals surface area (Å²) in [5, 5.41) is 6.82. The highest BCUT2D eigenvalue weighted by atomic mass is 16.2. The van der Waals surface area contributed by atoms with Crippen LogP contribution in [0, 0.1) is 13.8 Å². The third kappa shape index (κ3) is 4.41. The van der Waals surface area contributed by atoms with Crippen molar-refractivity contribution in [1.82, 2.24) is 14.3 Å². The van der Waals surface area contributed by atoms with Gasteiger partial charge in [0, 0.05) is 5.69 Å². The van der Waals surface area contributed by atoms with Crippen LogP contribution in [0.25, 0.3) is 5.69 Å². The van der Waals surface area contributed by atoms with Gasteiger partial charge >= 0.3 is 5.69 Å². The summed E-state index contributed by atoms with van der Waals surface area (Å²) in [6, 6.07) is 23.4. The minimum atomic E-state index is -0.742. The zero-order valence-corrected chi connectivity index (χ0v) is 17.8. The van der Waals surface area contributed by atoms with Gasteiger partial charge in [0.15, 0.2) is 0 Å². The largest absolute Gasteiger partial charge is 0.352 e. The van der Waals surface area contributed by atoms with Gasteiger partial charge in [-0.15, -0.1) is 0 Å². The first-order valence-corrected chi connectivity index (χ1v) is 10.2. The molecule has 0 saturated heterocycles. The van der Waals surface area contributed by atoms with E-state index in [1.165, 1.54) is 0 Å². The van der Waals surface area contributed by atoms with Gasteiger partial charge < -0.3 is 5.32 Å². The molecule has 0 unspecified atom stereocenters. The fourth-order valence-electron chi connectivity index (χ4n) is 3.36. The van der Waals surface area contributed by atoms with Crippen molar-refractivity contribution in [2.75, 3.05) is 5.32 Å². The third-order valence-electron chi connectivity index (χ3n) is 5.01. The molecule has 0 saturated carbocycles. The Balaban J connectivity index is 1.86. The molecule has 3 aromatic carbocycles. The molecule has 4 aromatic rings. The van der Waals surface area contributed by atoms with Crippen molar-refractivity contribution in [3.63, 3.8) is 0 Å². The minimum absolute atomic E-state index is 0.0271. The van der Waals surface area contributed by atoms with E-state index in [1.54, 1.807) is 36.4 Å². The summed E-state index contributed by atoms with van der Waals surface area (Å²) in [7, 11) is 0. The molecule has 0 aliphatic heterocycles. The predicted octanol–water partition coefficient (Wildman–Crippen LogP) is 3.31. The zero-order chi connectivity index (χ0) is 22.7. The molecule has 0 spiro atoms. The first kappa shape index (κ1) is 21.0. The highest BCUT2D eigenvalue weighted by Gasteiger charge is 2.20. The minimum Gasteiger partial charge on any atom is -0.320 e. The Labute approximate surface area is 184 Å². The van der Waals surface area contributed by atoms with Crippen molar-refractivity contribution < 1.29 is 4.79 Å². The molecular weight excluding hydrogens is 404 g/mol. The van der Waals surface area contributed by atoms with Gasteiger partial charge in [0.1, 0.15) is 0 Å². The van der Waals surface area contributed by atoms with Crippen LogP contribution in [0.4, 0.5) is 5.69 Å². The number of anilines is 1. The molecule has 0 aliphatic carbocycles. The molecule has 0 aliphatic rings. The Kier molecular flexibility index (Phi) is 5.81. The van der Waals surface area contributed by atoms with Gasteiger partial charge in [0.05, 0.1) is 12.2 Å². The van der Waals surface area contributed by atoms with Gasteiger partial charge in [-0.2, -0.15) is 9.78 Å². The van der Waals surface area contributed by atoms with E-state index in [-0.39, 0.29) is 12.2 Å². The first-order chi connectivity index (χ1) is 15.4. The molecule has 7 nitrogen and oxygen atoms in total. The second-order valence-electron chi connectivity index (χ2n) is 7.58. The van der Waals surface area contributed by atoms with Crippen LogP contribution < -0.4 is 16.6 Å². The van der Waals surface area contributed by atoms with Gasteiger partial charge in [0.2, 0.25) is 5.69 Å². The van der Waals surface area contributed by atoms with E-state index in [9.17, 15) is 14.4 Å². The van der Waals surface area contributed by atoms with Crippen LogP contribution in [-0.2, 0) is 6.54 Å². The second-order valence-corrected chi connectivity index (χ2v) is 7.58. The monoisotopic (exact) mass is 426 g/mol. The predicted molar refractivity (Wildman–Crippen MR) is 124 cm³/mol. The standard InChI is InChI=1S/C25H22N4O3/c1-17-11-13-21(14-12-17)29-25(32)28(16-19-8-6-7-18(2)15-19)24(31)22(27-29)23(30)26-20-9-4-3-5-10-20/h3-15H,16H2,1-2H3,(H,26,30). The van der Waals surface area contributed by atoms with Crippen LogP contribution in [0.1, 0.15) is 27.2 Å². The summed E-state index contributed by atoms with van der Waals surface area (Å²) in [6.07, 6.45) is 0. The molecule has 1 amide bonds. The summed E-state index contributed by atoms with van der Waals surface area (Å²) in [5.41, 5.74) is 2.07. The van der Waals surface area contributed by atoms with Gasteiger partial charge in [-0.1, -0.05) is 65.7 Å². The Morgan fingerprint density at radius 1 is 0.875 bits per heavy atom. The third-order valence-corrected chi connectivity index (χ3v) is 5.01. The summed E-state index contributed by atoms with van der Waals surface area (Å²) in [6.45, 7) is 3.89. The molecular formula is C25H22N4O3. The second kappa shape index (κ2) is 8.85. The van der Waals surface area contributed by atoms with Crippen LogP contribution in [0.2, 0.25) is 0 Å². The Bertz CT molecular complexity index is 1390. The number of aromatic nitrogens is 3. The first-order valence-electron chi connectivity index (χ1n) is 10.2. The van der Waals surface area contributed by atoms with Crippen molar-refractivity contribution in [3.05, 3.63) is 122 Å². The van der Waals surface area contributed by atoms with E-state index in [0.717, 1.165) is 25.9 Å². The van der Waals surface area contributed by atoms with Crippen molar-refractivity contribution in [1.29, 1.82) is 0 Å². The van der Waals surface area contributed by atoms with E-state index < -0.39 is 17.2 Å². The molecule has 7 heteroatoms. The number of nitrogens with one attached hydrogen (secondary N) is 1. The normalized spacial score (nSPS) is 10.7. The summed E-state index contributed by atoms with van der Waals surface area (Å²) < 4.78 is 2.14. The number of aryl methyl sites for hydroxylation is 2. The molecule has 1 N–H and O–H groups in total. The number of amides is 1. The topological polar surface area (TPSA) is 86.0 Å².